The Morgan fingerprint density at radius 2 is 2.06 bits per heavy atom. The highest BCUT2D eigenvalue weighted by atomic mass is 35.5. The van der Waals surface area contributed by atoms with E-state index in [0.717, 1.165) is 36.5 Å². The Morgan fingerprint density at radius 3 is 2.67 bits per heavy atom. The van der Waals surface area contributed by atoms with Gasteiger partial charge in [0, 0.05) is 5.88 Å². The third-order valence-corrected chi connectivity index (χ3v) is 5.51. The van der Waals surface area contributed by atoms with E-state index in [-0.39, 0.29) is 0 Å². The van der Waals surface area contributed by atoms with E-state index in [1.165, 1.54) is 25.7 Å². The molecule has 3 atom stereocenters. The van der Waals surface area contributed by atoms with Gasteiger partial charge in [-0.25, -0.2) is 0 Å². The summed E-state index contributed by atoms with van der Waals surface area (Å²) >= 11 is 6.28. The van der Waals surface area contributed by atoms with Gasteiger partial charge >= 0.3 is 0 Å². The fourth-order valence-corrected chi connectivity index (χ4v) is 4.44. The predicted octanol–water partition coefficient (Wildman–Crippen LogP) is 4.50. The average Bonchev–Trinajstić information content (AvgIpc) is 3.01. The molecule has 1 aromatic carbocycles. The number of benzene rings is 1. The number of hydrogen-bond donors (Lipinski definition) is 0. The van der Waals surface area contributed by atoms with E-state index in [4.69, 9.17) is 16.3 Å². The SMILES string of the molecule is ClCC1(CCOc2ccccc2)CC2CCC1C2. The maximum atomic E-state index is 6.28. The highest BCUT2D eigenvalue weighted by Gasteiger charge is 2.49. The van der Waals surface area contributed by atoms with Crippen molar-refractivity contribution in [2.24, 2.45) is 17.3 Å². The van der Waals surface area contributed by atoms with E-state index in [9.17, 15) is 0 Å². The molecule has 2 saturated carbocycles. The lowest BCUT2D eigenvalue weighted by Gasteiger charge is -2.36. The molecule has 0 saturated heterocycles. The Kier molecular flexibility index (Phi) is 3.52. The minimum atomic E-state index is 0.374. The third kappa shape index (κ3) is 2.25. The zero-order chi connectivity index (χ0) is 12.4. The van der Waals surface area contributed by atoms with Crippen molar-refractivity contribution in [3.05, 3.63) is 30.3 Å². The van der Waals surface area contributed by atoms with Crippen LogP contribution in [0.15, 0.2) is 30.3 Å². The number of para-hydroxylation sites is 1. The van der Waals surface area contributed by atoms with Crippen LogP contribution in [0.3, 0.4) is 0 Å². The molecular formula is C16H21ClO. The molecule has 18 heavy (non-hydrogen) atoms. The number of ether oxygens (including phenoxy) is 1. The van der Waals surface area contributed by atoms with Crippen LogP contribution in [0, 0.1) is 17.3 Å². The van der Waals surface area contributed by atoms with Gasteiger partial charge in [-0.3, -0.25) is 0 Å². The second kappa shape index (κ2) is 5.13. The van der Waals surface area contributed by atoms with Crippen LogP contribution in [0.5, 0.6) is 5.75 Å². The molecule has 0 spiro atoms. The van der Waals surface area contributed by atoms with Crippen molar-refractivity contribution >= 4 is 11.6 Å². The normalized spacial score (nSPS) is 33.8. The first-order valence-electron chi connectivity index (χ1n) is 7.06. The fraction of sp³-hybridized carbons (Fsp3) is 0.625. The van der Waals surface area contributed by atoms with Gasteiger partial charge in [-0.15, -0.1) is 11.6 Å². The van der Waals surface area contributed by atoms with E-state index < -0.39 is 0 Å². The first kappa shape index (κ1) is 12.3. The van der Waals surface area contributed by atoms with Crippen molar-refractivity contribution in [3.63, 3.8) is 0 Å². The van der Waals surface area contributed by atoms with Crippen LogP contribution in [-0.4, -0.2) is 12.5 Å². The van der Waals surface area contributed by atoms with Gasteiger partial charge in [0.15, 0.2) is 0 Å². The smallest absolute Gasteiger partial charge is 0.119 e. The van der Waals surface area contributed by atoms with E-state index in [1.807, 2.05) is 30.3 Å². The zero-order valence-electron chi connectivity index (χ0n) is 10.8. The van der Waals surface area contributed by atoms with E-state index in [0.29, 0.717) is 5.41 Å². The van der Waals surface area contributed by atoms with Crippen LogP contribution in [-0.2, 0) is 0 Å². The Hall–Kier alpha value is -0.690. The molecule has 0 amide bonds. The summed E-state index contributed by atoms with van der Waals surface area (Å²) in [5, 5.41) is 0. The van der Waals surface area contributed by atoms with Crippen LogP contribution in [0.2, 0.25) is 0 Å². The summed E-state index contributed by atoms with van der Waals surface area (Å²) < 4.78 is 5.84. The molecular weight excluding hydrogens is 244 g/mol. The van der Waals surface area contributed by atoms with Gasteiger partial charge in [-0.1, -0.05) is 24.6 Å². The Morgan fingerprint density at radius 1 is 1.22 bits per heavy atom. The molecule has 3 rings (SSSR count). The van der Waals surface area contributed by atoms with Crippen molar-refractivity contribution in [2.75, 3.05) is 12.5 Å². The second-order valence-corrected chi connectivity index (χ2v) is 6.25. The summed E-state index contributed by atoms with van der Waals surface area (Å²) in [4.78, 5) is 0. The van der Waals surface area contributed by atoms with E-state index >= 15 is 0 Å². The summed E-state index contributed by atoms with van der Waals surface area (Å²) in [5.74, 6) is 3.60. The molecule has 2 fully saturated rings. The minimum Gasteiger partial charge on any atom is -0.494 e. The topological polar surface area (TPSA) is 9.23 Å². The lowest BCUT2D eigenvalue weighted by atomic mass is 9.72. The molecule has 1 aromatic rings. The number of halogens is 1. The molecule has 3 unspecified atom stereocenters. The molecule has 1 nitrogen and oxygen atoms in total. The van der Waals surface area contributed by atoms with Gasteiger partial charge in [0.05, 0.1) is 6.61 Å². The minimum absolute atomic E-state index is 0.374. The van der Waals surface area contributed by atoms with Gasteiger partial charge in [0.25, 0.3) is 0 Å². The molecule has 2 aliphatic carbocycles. The highest BCUT2D eigenvalue weighted by molar-refractivity contribution is 6.18. The molecule has 98 valence electrons. The Balaban J connectivity index is 1.56. The van der Waals surface area contributed by atoms with Gasteiger partial charge in [-0.2, -0.15) is 0 Å². The third-order valence-electron chi connectivity index (χ3n) is 4.98. The molecule has 2 bridgehead atoms. The summed E-state index contributed by atoms with van der Waals surface area (Å²) in [5.41, 5.74) is 0.374. The largest absolute Gasteiger partial charge is 0.494 e. The van der Waals surface area contributed by atoms with Crippen molar-refractivity contribution < 1.29 is 4.74 Å². The van der Waals surface area contributed by atoms with Crippen molar-refractivity contribution in [2.45, 2.75) is 32.1 Å². The van der Waals surface area contributed by atoms with Gasteiger partial charge in [-0.05, 0) is 55.1 Å². The van der Waals surface area contributed by atoms with Gasteiger partial charge in [0.1, 0.15) is 5.75 Å². The average molecular weight is 265 g/mol. The lowest BCUT2D eigenvalue weighted by Crippen LogP contribution is -2.31. The molecule has 0 radical (unpaired) electrons. The van der Waals surface area contributed by atoms with Crippen LogP contribution >= 0.6 is 11.6 Å². The number of fused-ring (bicyclic) bond motifs is 2. The maximum Gasteiger partial charge on any atom is 0.119 e. The zero-order valence-corrected chi connectivity index (χ0v) is 11.5. The molecule has 0 aliphatic heterocycles. The lowest BCUT2D eigenvalue weighted by molar-refractivity contribution is 0.141. The van der Waals surface area contributed by atoms with E-state index in [2.05, 4.69) is 0 Å². The predicted molar refractivity (Wildman–Crippen MR) is 75.2 cm³/mol. The first-order valence-corrected chi connectivity index (χ1v) is 7.60. The fourth-order valence-electron chi connectivity index (χ4n) is 3.98. The van der Waals surface area contributed by atoms with Crippen molar-refractivity contribution in [3.8, 4) is 5.75 Å². The monoisotopic (exact) mass is 264 g/mol. The molecule has 0 N–H and O–H groups in total. The van der Waals surface area contributed by atoms with Crippen LogP contribution in [0.25, 0.3) is 0 Å². The highest BCUT2D eigenvalue weighted by Crippen LogP contribution is 2.58. The Labute approximate surface area is 114 Å². The summed E-state index contributed by atoms with van der Waals surface area (Å²) in [7, 11) is 0. The van der Waals surface area contributed by atoms with Crippen LogP contribution in [0.4, 0.5) is 0 Å². The van der Waals surface area contributed by atoms with Gasteiger partial charge in [0.2, 0.25) is 0 Å². The molecule has 0 heterocycles. The molecule has 2 aliphatic rings. The number of rotatable bonds is 5. The Bertz CT molecular complexity index is 391. The summed E-state index contributed by atoms with van der Waals surface area (Å²) in [6.45, 7) is 0.806. The molecule has 0 aromatic heterocycles. The summed E-state index contributed by atoms with van der Waals surface area (Å²) in [6.07, 6.45) is 6.69. The van der Waals surface area contributed by atoms with Gasteiger partial charge < -0.3 is 4.74 Å². The summed E-state index contributed by atoms with van der Waals surface area (Å²) in [6, 6.07) is 10.1. The van der Waals surface area contributed by atoms with E-state index in [1.54, 1.807) is 0 Å². The standard InChI is InChI=1S/C16H21ClO/c17-12-16(11-13-6-7-14(16)10-13)8-9-18-15-4-2-1-3-5-15/h1-5,13-14H,6-12H2. The first-order chi connectivity index (χ1) is 8.82. The van der Waals surface area contributed by atoms with Crippen molar-refractivity contribution in [1.82, 2.24) is 0 Å². The maximum absolute atomic E-state index is 6.28. The van der Waals surface area contributed by atoms with Crippen LogP contribution in [0.1, 0.15) is 32.1 Å². The van der Waals surface area contributed by atoms with Crippen LogP contribution < -0.4 is 4.74 Å². The quantitative estimate of drug-likeness (QED) is 0.712. The second-order valence-electron chi connectivity index (χ2n) is 5.99. The number of alkyl halides is 1. The number of hydrogen-bond acceptors (Lipinski definition) is 1. The van der Waals surface area contributed by atoms with Crippen molar-refractivity contribution in [1.29, 1.82) is 0 Å². The molecule has 2 heteroatoms.